The highest BCUT2D eigenvalue weighted by molar-refractivity contribution is 5.99. The van der Waals surface area contributed by atoms with Gasteiger partial charge in [0.15, 0.2) is 5.78 Å². The smallest absolute Gasteiger partial charge is 0.176 e. The first-order chi connectivity index (χ1) is 6.19. The van der Waals surface area contributed by atoms with E-state index >= 15 is 0 Å². The van der Waals surface area contributed by atoms with Crippen molar-refractivity contribution in [2.24, 2.45) is 5.73 Å². The number of hydrogen-bond donors (Lipinski definition) is 3. The molecule has 0 aliphatic rings. The second-order valence-corrected chi connectivity index (χ2v) is 2.68. The summed E-state index contributed by atoms with van der Waals surface area (Å²) >= 11 is 0. The Morgan fingerprint density at radius 2 is 2.23 bits per heavy atom. The van der Waals surface area contributed by atoms with Crippen molar-refractivity contribution in [3.63, 3.8) is 0 Å². The molecule has 13 heavy (non-hydrogen) atoms. The predicted molar refractivity (Wildman–Crippen MR) is 53.8 cm³/mol. The van der Waals surface area contributed by atoms with Gasteiger partial charge in [-0.2, -0.15) is 0 Å². The van der Waals surface area contributed by atoms with Gasteiger partial charge >= 0.3 is 0 Å². The number of carbonyl (C=O) groups excluding carboxylic acids is 1. The number of nitrogens with one attached hydrogen (secondary N) is 1. The van der Waals surface area contributed by atoms with Gasteiger partial charge in [-0.05, 0) is 18.2 Å². The largest absolute Gasteiger partial charge is 0.397 e. The molecule has 1 aromatic rings. The third kappa shape index (κ3) is 1.97. The molecule has 0 unspecified atom stereocenters. The van der Waals surface area contributed by atoms with Gasteiger partial charge in [0.05, 0.1) is 17.9 Å². The molecule has 0 atom stereocenters. The molecule has 70 valence electrons. The van der Waals surface area contributed by atoms with Crippen molar-refractivity contribution in [1.29, 1.82) is 0 Å². The third-order valence-corrected chi connectivity index (χ3v) is 1.83. The highest BCUT2D eigenvalue weighted by Crippen LogP contribution is 2.18. The summed E-state index contributed by atoms with van der Waals surface area (Å²) in [4.78, 5) is 11.2. The van der Waals surface area contributed by atoms with Crippen molar-refractivity contribution in [2.75, 3.05) is 24.6 Å². The molecule has 0 aliphatic heterocycles. The maximum atomic E-state index is 11.2. The molecule has 0 radical (unpaired) electrons. The summed E-state index contributed by atoms with van der Waals surface area (Å²) in [7, 11) is 1.77. The summed E-state index contributed by atoms with van der Waals surface area (Å²) in [5.41, 5.74) is 12.8. The number of hydrogen-bond acceptors (Lipinski definition) is 4. The van der Waals surface area contributed by atoms with E-state index in [9.17, 15) is 4.79 Å². The van der Waals surface area contributed by atoms with Crippen molar-refractivity contribution >= 4 is 17.2 Å². The molecule has 1 rings (SSSR count). The average Bonchev–Trinajstić information content (AvgIpc) is 2.16. The molecule has 0 heterocycles. The molecular formula is C9H13N3O. The van der Waals surface area contributed by atoms with Crippen LogP contribution in [-0.2, 0) is 0 Å². The zero-order valence-corrected chi connectivity index (χ0v) is 7.50. The summed E-state index contributed by atoms with van der Waals surface area (Å²) < 4.78 is 0. The van der Waals surface area contributed by atoms with Crippen molar-refractivity contribution in [3.05, 3.63) is 23.8 Å². The van der Waals surface area contributed by atoms with Crippen LogP contribution in [0.2, 0.25) is 0 Å². The molecule has 0 saturated heterocycles. The second kappa shape index (κ2) is 3.91. The summed E-state index contributed by atoms with van der Waals surface area (Å²) in [5.74, 6) is -0.102. The van der Waals surface area contributed by atoms with E-state index in [-0.39, 0.29) is 12.3 Å². The van der Waals surface area contributed by atoms with Crippen molar-refractivity contribution in [3.8, 4) is 0 Å². The van der Waals surface area contributed by atoms with Gasteiger partial charge in [0.1, 0.15) is 0 Å². The molecule has 0 amide bonds. The Balaban J connectivity index is 3.02. The summed E-state index contributed by atoms with van der Waals surface area (Å²) in [6.07, 6.45) is 0. The minimum Gasteiger partial charge on any atom is -0.397 e. The minimum absolute atomic E-state index is 0.0122. The first-order valence-electron chi connectivity index (χ1n) is 3.99. The van der Waals surface area contributed by atoms with Crippen LogP contribution in [0.4, 0.5) is 11.4 Å². The number of ketones is 1. The standard InChI is InChI=1S/C9H13N3O/c1-12-8-3-2-6(4-7(8)11)9(13)5-10/h2-4,12H,5,10-11H2,1H3. The van der Waals surface area contributed by atoms with Crippen LogP contribution in [0.25, 0.3) is 0 Å². The van der Waals surface area contributed by atoms with E-state index in [2.05, 4.69) is 5.32 Å². The Bertz CT molecular complexity index is 323. The molecule has 0 spiro atoms. The SMILES string of the molecule is CNc1ccc(C(=O)CN)cc1N. The molecule has 0 aliphatic carbocycles. The van der Waals surface area contributed by atoms with E-state index in [1.54, 1.807) is 25.2 Å². The predicted octanol–water partition coefficient (Wildman–Crippen LogP) is 0.452. The summed E-state index contributed by atoms with van der Waals surface area (Å²) in [6.45, 7) is 0.0122. The number of carbonyl (C=O) groups is 1. The summed E-state index contributed by atoms with van der Waals surface area (Å²) in [6, 6.07) is 5.09. The number of nitrogen functional groups attached to an aromatic ring is 1. The van der Waals surface area contributed by atoms with Gasteiger partial charge in [-0.15, -0.1) is 0 Å². The van der Waals surface area contributed by atoms with Crippen LogP contribution < -0.4 is 16.8 Å². The molecule has 5 N–H and O–H groups in total. The Hall–Kier alpha value is -1.55. The second-order valence-electron chi connectivity index (χ2n) is 2.68. The van der Waals surface area contributed by atoms with Crippen LogP contribution in [-0.4, -0.2) is 19.4 Å². The van der Waals surface area contributed by atoms with E-state index < -0.39 is 0 Å². The topological polar surface area (TPSA) is 81.1 Å². The van der Waals surface area contributed by atoms with E-state index in [0.29, 0.717) is 11.3 Å². The van der Waals surface area contributed by atoms with E-state index in [4.69, 9.17) is 11.5 Å². The molecule has 1 aromatic carbocycles. The van der Waals surface area contributed by atoms with Gasteiger partial charge < -0.3 is 16.8 Å². The van der Waals surface area contributed by atoms with Gasteiger partial charge in [-0.3, -0.25) is 4.79 Å². The fourth-order valence-electron chi connectivity index (χ4n) is 1.08. The van der Waals surface area contributed by atoms with E-state index in [1.807, 2.05) is 0 Å². The molecule has 0 fully saturated rings. The van der Waals surface area contributed by atoms with Gasteiger partial charge in [-0.25, -0.2) is 0 Å². The fourth-order valence-corrected chi connectivity index (χ4v) is 1.08. The number of benzene rings is 1. The lowest BCUT2D eigenvalue weighted by Gasteiger charge is -2.05. The first kappa shape index (κ1) is 9.54. The summed E-state index contributed by atoms with van der Waals surface area (Å²) in [5, 5.41) is 2.91. The lowest BCUT2D eigenvalue weighted by molar-refractivity contribution is 0.100. The lowest BCUT2D eigenvalue weighted by atomic mass is 10.1. The zero-order chi connectivity index (χ0) is 9.84. The number of Topliss-reactive ketones (excluding diaryl/α,β-unsaturated/α-hetero) is 1. The van der Waals surface area contributed by atoms with Gasteiger partial charge in [0, 0.05) is 12.6 Å². The lowest BCUT2D eigenvalue weighted by Crippen LogP contribution is -2.13. The molecule has 4 nitrogen and oxygen atoms in total. The maximum absolute atomic E-state index is 11.2. The van der Waals surface area contributed by atoms with Crippen molar-refractivity contribution in [1.82, 2.24) is 0 Å². The Labute approximate surface area is 76.9 Å². The third-order valence-electron chi connectivity index (χ3n) is 1.83. The van der Waals surface area contributed by atoms with E-state index in [0.717, 1.165) is 5.69 Å². The van der Waals surface area contributed by atoms with Gasteiger partial charge in [-0.1, -0.05) is 0 Å². The molecule has 0 bridgehead atoms. The zero-order valence-electron chi connectivity index (χ0n) is 7.50. The number of nitrogens with two attached hydrogens (primary N) is 2. The average molecular weight is 179 g/mol. The van der Waals surface area contributed by atoms with Crippen LogP contribution in [0.5, 0.6) is 0 Å². The van der Waals surface area contributed by atoms with Crippen LogP contribution in [0.15, 0.2) is 18.2 Å². The van der Waals surface area contributed by atoms with Crippen molar-refractivity contribution < 1.29 is 4.79 Å². The highest BCUT2D eigenvalue weighted by Gasteiger charge is 2.04. The highest BCUT2D eigenvalue weighted by atomic mass is 16.1. The normalized spacial score (nSPS) is 9.69. The van der Waals surface area contributed by atoms with Gasteiger partial charge in [0.2, 0.25) is 0 Å². The first-order valence-corrected chi connectivity index (χ1v) is 3.99. The van der Waals surface area contributed by atoms with Crippen LogP contribution in [0.3, 0.4) is 0 Å². The Kier molecular flexibility index (Phi) is 2.87. The van der Waals surface area contributed by atoms with Crippen molar-refractivity contribution in [2.45, 2.75) is 0 Å². The number of rotatable bonds is 3. The molecule has 0 saturated carbocycles. The Morgan fingerprint density at radius 1 is 1.54 bits per heavy atom. The molecule has 0 aromatic heterocycles. The van der Waals surface area contributed by atoms with Crippen LogP contribution in [0.1, 0.15) is 10.4 Å². The fraction of sp³-hybridized carbons (Fsp3) is 0.222. The Morgan fingerprint density at radius 3 is 2.69 bits per heavy atom. The maximum Gasteiger partial charge on any atom is 0.176 e. The quantitative estimate of drug-likeness (QED) is 0.465. The molecular weight excluding hydrogens is 166 g/mol. The van der Waals surface area contributed by atoms with Crippen LogP contribution in [0, 0.1) is 0 Å². The molecule has 4 heteroatoms. The number of anilines is 2. The van der Waals surface area contributed by atoms with Gasteiger partial charge in [0.25, 0.3) is 0 Å². The minimum atomic E-state index is -0.102. The van der Waals surface area contributed by atoms with E-state index in [1.165, 1.54) is 0 Å². The van der Waals surface area contributed by atoms with Crippen LogP contribution >= 0.6 is 0 Å². The monoisotopic (exact) mass is 179 g/mol.